The number of anilines is 2. The number of carbonyl (C=O) groups excluding carboxylic acids is 1. The van der Waals surface area contributed by atoms with E-state index < -0.39 is 5.79 Å². The third-order valence-corrected chi connectivity index (χ3v) is 4.63. The second kappa shape index (κ2) is 6.54. The number of aromatic nitrogens is 1. The fourth-order valence-electron chi connectivity index (χ4n) is 3.30. The lowest BCUT2D eigenvalue weighted by atomic mass is 10.2. The van der Waals surface area contributed by atoms with E-state index in [-0.39, 0.29) is 6.03 Å². The van der Waals surface area contributed by atoms with Crippen molar-refractivity contribution in [3.05, 3.63) is 18.3 Å². The third kappa shape index (κ3) is 3.17. The van der Waals surface area contributed by atoms with E-state index in [0.29, 0.717) is 38.4 Å². The van der Waals surface area contributed by atoms with E-state index in [2.05, 4.69) is 15.2 Å². The third-order valence-electron chi connectivity index (χ3n) is 4.63. The Labute approximate surface area is 140 Å². The molecule has 3 aliphatic heterocycles. The lowest BCUT2D eigenvalue weighted by Gasteiger charge is -2.27. The van der Waals surface area contributed by atoms with Crippen LogP contribution in [-0.4, -0.2) is 74.3 Å². The zero-order valence-electron chi connectivity index (χ0n) is 13.6. The summed E-state index contributed by atoms with van der Waals surface area (Å²) in [4.78, 5) is 20.7. The molecular formula is C16H22N4O4. The van der Waals surface area contributed by atoms with E-state index in [4.69, 9.17) is 14.2 Å². The van der Waals surface area contributed by atoms with Gasteiger partial charge >= 0.3 is 6.03 Å². The Morgan fingerprint density at radius 2 is 1.92 bits per heavy atom. The van der Waals surface area contributed by atoms with Gasteiger partial charge in [-0.2, -0.15) is 0 Å². The molecule has 4 rings (SSSR count). The van der Waals surface area contributed by atoms with E-state index in [9.17, 15) is 4.79 Å². The van der Waals surface area contributed by atoms with E-state index in [1.165, 1.54) is 0 Å². The summed E-state index contributed by atoms with van der Waals surface area (Å²) < 4.78 is 16.6. The Morgan fingerprint density at radius 3 is 2.62 bits per heavy atom. The molecule has 3 aliphatic rings. The molecule has 0 aliphatic carbocycles. The van der Waals surface area contributed by atoms with Crippen molar-refractivity contribution in [2.45, 2.75) is 12.2 Å². The van der Waals surface area contributed by atoms with Crippen LogP contribution in [-0.2, 0) is 14.2 Å². The number of urea groups is 1. The molecule has 4 heterocycles. The molecule has 3 saturated heterocycles. The minimum absolute atomic E-state index is 0.146. The molecule has 1 N–H and O–H groups in total. The number of hydrogen-bond acceptors (Lipinski definition) is 6. The maximum atomic E-state index is 12.4. The number of ether oxygens (including phenoxy) is 3. The molecule has 130 valence electrons. The zero-order valence-corrected chi connectivity index (χ0v) is 13.6. The first-order chi connectivity index (χ1) is 11.7. The quantitative estimate of drug-likeness (QED) is 0.866. The number of morpholine rings is 1. The SMILES string of the molecule is O=C(Nc1ccc(N2CCOCC2)nc1)N1CCC2(C1)OCCO2. The van der Waals surface area contributed by atoms with E-state index in [1.807, 2.05) is 12.1 Å². The molecule has 0 atom stereocenters. The number of pyridine rings is 1. The first-order valence-corrected chi connectivity index (χ1v) is 8.37. The van der Waals surface area contributed by atoms with Gasteiger partial charge < -0.3 is 29.3 Å². The van der Waals surface area contributed by atoms with Gasteiger partial charge in [0.1, 0.15) is 5.82 Å². The number of nitrogens with one attached hydrogen (secondary N) is 1. The smallest absolute Gasteiger partial charge is 0.322 e. The van der Waals surface area contributed by atoms with E-state index in [1.54, 1.807) is 11.1 Å². The van der Waals surface area contributed by atoms with Crippen LogP contribution >= 0.6 is 0 Å². The predicted octanol–water partition coefficient (Wildman–Crippen LogP) is 0.899. The first kappa shape index (κ1) is 15.6. The van der Waals surface area contributed by atoms with Crippen molar-refractivity contribution in [1.82, 2.24) is 9.88 Å². The second-order valence-electron chi connectivity index (χ2n) is 6.21. The Balaban J connectivity index is 1.34. The molecule has 8 heteroatoms. The average molecular weight is 334 g/mol. The van der Waals surface area contributed by atoms with Crippen LogP contribution in [0.1, 0.15) is 6.42 Å². The van der Waals surface area contributed by atoms with E-state index >= 15 is 0 Å². The fourth-order valence-corrected chi connectivity index (χ4v) is 3.30. The predicted molar refractivity (Wildman–Crippen MR) is 87.1 cm³/mol. The van der Waals surface area contributed by atoms with Crippen LogP contribution in [0.2, 0.25) is 0 Å². The molecular weight excluding hydrogens is 312 g/mol. The van der Waals surface area contributed by atoms with Gasteiger partial charge in [-0.25, -0.2) is 9.78 Å². The normalized spacial score (nSPS) is 23.0. The summed E-state index contributed by atoms with van der Waals surface area (Å²) in [6, 6.07) is 3.66. The van der Waals surface area contributed by atoms with Crippen molar-refractivity contribution in [1.29, 1.82) is 0 Å². The number of nitrogens with zero attached hydrogens (tertiary/aromatic N) is 3. The molecule has 8 nitrogen and oxygen atoms in total. The molecule has 0 saturated carbocycles. The average Bonchev–Trinajstić information content (AvgIpc) is 3.27. The monoisotopic (exact) mass is 334 g/mol. The van der Waals surface area contributed by atoms with Crippen LogP contribution in [0, 0.1) is 0 Å². The standard InChI is InChI=1S/C16H22N4O4/c21-15(20-4-3-16(12-20)23-9-10-24-16)18-13-1-2-14(17-11-13)19-5-7-22-8-6-19/h1-2,11H,3-10,12H2,(H,18,21). The molecule has 3 fully saturated rings. The summed E-state index contributed by atoms with van der Waals surface area (Å²) in [6.45, 7) is 5.43. The van der Waals surface area contributed by atoms with Gasteiger partial charge in [0, 0.05) is 26.1 Å². The molecule has 2 amide bonds. The topological polar surface area (TPSA) is 76.2 Å². The molecule has 0 bridgehead atoms. The van der Waals surface area contributed by atoms with Crippen LogP contribution in [0.25, 0.3) is 0 Å². The molecule has 0 radical (unpaired) electrons. The molecule has 1 aromatic heterocycles. The largest absolute Gasteiger partial charge is 0.378 e. The first-order valence-electron chi connectivity index (χ1n) is 8.37. The van der Waals surface area contributed by atoms with Gasteiger partial charge in [-0.15, -0.1) is 0 Å². The number of likely N-dealkylation sites (tertiary alicyclic amines) is 1. The minimum atomic E-state index is -0.588. The number of carbonyl (C=O) groups is 1. The van der Waals surface area contributed by atoms with Gasteiger partial charge in [-0.3, -0.25) is 0 Å². The van der Waals surface area contributed by atoms with Gasteiger partial charge in [0.15, 0.2) is 5.79 Å². The summed E-state index contributed by atoms with van der Waals surface area (Å²) in [5.74, 6) is 0.319. The van der Waals surface area contributed by atoms with Crippen molar-refractivity contribution in [2.24, 2.45) is 0 Å². The van der Waals surface area contributed by atoms with E-state index in [0.717, 1.165) is 32.1 Å². The molecule has 0 aromatic carbocycles. The van der Waals surface area contributed by atoms with Crippen LogP contribution < -0.4 is 10.2 Å². The van der Waals surface area contributed by atoms with Gasteiger partial charge in [-0.1, -0.05) is 0 Å². The maximum absolute atomic E-state index is 12.4. The highest BCUT2D eigenvalue weighted by molar-refractivity contribution is 5.89. The van der Waals surface area contributed by atoms with Crippen LogP contribution in [0.3, 0.4) is 0 Å². The van der Waals surface area contributed by atoms with Crippen molar-refractivity contribution in [3.8, 4) is 0 Å². The summed E-state index contributed by atoms with van der Waals surface area (Å²) in [6.07, 6.45) is 2.41. The van der Waals surface area contributed by atoms with Crippen LogP contribution in [0.15, 0.2) is 18.3 Å². The highest BCUT2D eigenvalue weighted by atomic mass is 16.7. The molecule has 24 heavy (non-hydrogen) atoms. The summed E-state index contributed by atoms with van der Waals surface area (Å²) in [7, 11) is 0. The second-order valence-corrected chi connectivity index (χ2v) is 6.21. The summed E-state index contributed by atoms with van der Waals surface area (Å²) in [5.41, 5.74) is 0.686. The van der Waals surface area contributed by atoms with Crippen molar-refractivity contribution >= 4 is 17.5 Å². The van der Waals surface area contributed by atoms with Gasteiger partial charge in [0.2, 0.25) is 0 Å². The Bertz CT molecular complexity index is 582. The number of rotatable bonds is 2. The lowest BCUT2D eigenvalue weighted by molar-refractivity contribution is -0.143. The fraction of sp³-hybridized carbons (Fsp3) is 0.625. The Hall–Kier alpha value is -1.90. The van der Waals surface area contributed by atoms with Crippen molar-refractivity contribution in [3.63, 3.8) is 0 Å². The maximum Gasteiger partial charge on any atom is 0.322 e. The number of amides is 2. The van der Waals surface area contributed by atoms with Crippen molar-refractivity contribution in [2.75, 3.05) is 62.8 Å². The van der Waals surface area contributed by atoms with Gasteiger partial charge in [0.25, 0.3) is 0 Å². The summed E-state index contributed by atoms with van der Waals surface area (Å²) >= 11 is 0. The summed E-state index contributed by atoms with van der Waals surface area (Å²) in [5, 5.41) is 2.89. The highest BCUT2D eigenvalue weighted by Gasteiger charge is 2.44. The minimum Gasteiger partial charge on any atom is -0.378 e. The molecule has 0 unspecified atom stereocenters. The molecule has 1 aromatic rings. The van der Waals surface area contributed by atoms with Gasteiger partial charge in [-0.05, 0) is 12.1 Å². The Morgan fingerprint density at radius 1 is 1.12 bits per heavy atom. The lowest BCUT2D eigenvalue weighted by Crippen LogP contribution is -2.39. The van der Waals surface area contributed by atoms with Crippen LogP contribution in [0.5, 0.6) is 0 Å². The van der Waals surface area contributed by atoms with Crippen molar-refractivity contribution < 1.29 is 19.0 Å². The van der Waals surface area contributed by atoms with Crippen LogP contribution in [0.4, 0.5) is 16.3 Å². The van der Waals surface area contributed by atoms with Gasteiger partial charge in [0.05, 0.1) is 44.9 Å². The highest BCUT2D eigenvalue weighted by Crippen LogP contribution is 2.30. The molecule has 1 spiro atoms. The zero-order chi connectivity index (χ0) is 16.4. The number of hydrogen-bond donors (Lipinski definition) is 1. The Kier molecular flexibility index (Phi) is 4.26.